The number of halogens is 2. The van der Waals surface area contributed by atoms with Crippen LogP contribution in [0.4, 0.5) is 10.3 Å². The molecule has 0 saturated heterocycles. The molecule has 7 heteroatoms. The molecule has 1 heterocycles. The highest BCUT2D eigenvalue weighted by atomic mass is 79.9. The third kappa shape index (κ3) is 2.76. The van der Waals surface area contributed by atoms with Crippen LogP contribution in [0.25, 0.3) is 11.5 Å². The topological polar surface area (TPSA) is 78.3 Å². The van der Waals surface area contributed by atoms with Gasteiger partial charge in [0.2, 0.25) is 17.5 Å². The summed E-state index contributed by atoms with van der Waals surface area (Å²) in [5.41, 5.74) is 5.80. The van der Waals surface area contributed by atoms with Crippen LogP contribution in [-0.2, 0) is 4.74 Å². The zero-order chi connectivity index (χ0) is 14.0. The lowest BCUT2D eigenvalue weighted by Gasteiger charge is -1.99. The summed E-state index contributed by atoms with van der Waals surface area (Å²) in [6.45, 7) is 1.86. The Morgan fingerprint density at radius 2 is 2.32 bits per heavy atom. The Bertz CT molecular complexity index is 627. The van der Waals surface area contributed by atoms with E-state index in [4.69, 9.17) is 14.9 Å². The summed E-state index contributed by atoms with van der Waals surface area (Å²) in [6, 6.07) is 4.02. The summed E-state index contributed by atoms with van der Waals surface area (Å²) in [6.07, 6.45) is 0. The number of hydrogen-bond acceptors (Lipinski definition) is 5. The number of hydrogen-bond donors (Lipinski definition) is 1. The van der Waals surface area contributed by atoms with E-state index in [1.54, 1.807) is 6.92 Å². The number of benzene rings is 1. The average molecular weight is 329 g/mol. The lowest BCUT2D eigenvalue weighted by molar-refractivity contribution is 0.0521. The lowest BCUT2D eigenvalue weighted by Crippen LogP contribution is -2.07. The van der Waals surface area contributed by atoms with Crippen molar-refractivity contribution in [1.82, 2.24) is 4.98 Å². The molecule has 0 saturated carbocycles. The number of nitrogens with two attached hydrogens (primary N) is 1. The quantitative estimate of drug-likeness (QED) is 0.876. The molecular formula is C12H10BrFN2O3. The van der Waals surface area contributed by atoms with Crippen LogP contribution in [0.3, 0.4) is 0 Å². The highest BCUT2D eigenvalue weighted by Gasteiger charge is 2.21. The zero-order valence-corrected chi connectivity index (χ0v) is 11.5. The maximum absolute atomic E-state index is 13.2. The van der Waals surface area contributed by atoms with Crippen LogP contribution in [-0.4, -0.2) is 17.6 Å². The van der Waals surface area contributed by atoms with Crippen molar-refractivity contribution in [2.45, 2.75) is 6.92 Å². The minimum absolute atomic E-state index is 0.0481. The molecule has 5 nitrogen and oxygen atoms in total. The van der Waals surface area contributed by atoms with Crippen LogP contribution in [0.1, 0.15) is 17.4 Å². The summed E-state index contributed by atoms with van der Waals surface area (Å²) in [4.78, 5) is 15.5. The van der Waals surface area contributed by atoms with Crippen LogP contribution in [0.2, 0.25) is 0 Å². The van der Waals surface area contributed by atoms with Crippen LogP contribution >= 0.6 is 15.9 Å². The van der Waals surface area contributed by atoms with E-state index >= 15 is 0 Å². The number of carbonyl (C=O) groups excluding carboxylic acids is 1. The minimum atomic E-state index is -0.678. The third-order valence-electron chi connectivity index (χ3n) is 2.28. The van der Waals surface area contributed by atoms with Crippen LogP contribution in [0.15, 0.2) is 27.1 Å². The maximum Gasteiger partial charge on any atom is 0.362 e. The van der Waals surface area contributed by atoms with Gasteiger partial charge in [0.05, 0.1) is 12.2 Å². The first-order chi connectivity index (χ1) is 9.02. The Balaban J connectivity index is 2.44. The highest BCUT2D eigenvalue weighted by molar-refractivity contribution is 9.10. The van der Waals surface area contributed by atoms with Gasteiger partial charge in [-0.25, -0.2) is 9.18 Å². The standard InChI is InChI=1S/C12H10BrFN2O3/c1-2-18-12(17)9-10(15)19-11(16-9)7-5-6(14)3-4-8(7)13/h3-5H,2,15H2,1H3. The Labute approximate surface area is 116 Å². The Morgan fingerprint density at radius 1 is 1.58 bits per heavy atom. The van der Waals surface area contributed by atoms with Crippen LogP contribution in [0, 0.1) is 5.82 Å². The number of aromatic nitrogens is 1. The number of rotatable bonds is 3. The molecule has 0 aliphatic rings. The van der Waals surface area contributed by atoms with Crippen molar-refractivity contribution in [2.24, 2.45) is 0 Å². The van der Waals surface area contributed by atoms with Gasteiger partial charge in [-0.05, 0) is 41.1 Å². The molecule has 2 aromatic rings. The minimum Gasteiger partial charge on any atom is -0.461 e. The van der Waals surface area contributed by atoms with E-state index in [0.29, 0.717) is 10.0 Å². The molecule has 2 N–H and O–H groups in total. The van der Waals surface area contributed by atoms with E-state index in [0.717, 1.165) is 0 Å². The normalized spacial score (nSPS) is 10.5. The lowest BCUT2D eigenvalue weighted by atomic mass is 10.2. The molecule has 19 heavy (non-hydrogen) atoms. The fraction of sp³-hybridized carbons (Fsp3) is 0.167. The van der Waals surface area contributed by atoms with Crippen molar-refractivity contribution in [2.75, 3.05) is 12.3 Å². The number of carbonyl (C=O) groups is 1. The molecular weight excluding hydrogens is 319 g/mol. The van der Waals surface area contributed by atoms with Gasteiger partial charge < -0.3 is 14.9 Å². The van der Waals surface area contributed by atoms with Crippen LogP contribution < -0.4 is 5.73 Å². The largest absolute Gasteiger partial charge is 0.461 e. The van der Waals surface area contributed by atoms with Crippen molar-refractivity contribution < 1.29 is 18.3 Å². The van der Waals surface area contributed by atoms with E-state index in [1.807, 2.05) is 0 Å². The van der Waals surface area contributed by atoms with E-state index < -0.39 is 11.8 Å². The van der Waals surface area contributed by atoms with Gasteiger partial charge in [-0.15, -0.1) is 0 Å². The second-order valence-electron chi connectivity index (χ2n) is 3.58. The van der Waals surface area contributed by atoms with Gasteiger partial charge in [0.25, 0.3) is 0 Å². The van der Waals surface area contributed by atoms with Gasteiger partial charge >= 0.3 is 5.97 Å². The number of nitrogen functional groups attached to an aromatic ring is 1. The summed E-state index contributed by atoms with van der Waals surface area (Å²) in [7, 11) is 0. The molecule has 1 aromatic heterocycles. The molecule has 0 atom stereocenters. The molecule has 0 aliphatic heterocycles. The van der Waals surface area contributed by atoms with Crippen molar-refractivity contribution in [1.29, 1.82) is 0 Å². The van der Waals surface area contributed by atoms with Crippen molar-refractivity contribution in [3.05, 3.63) is 34.2 Å². The summed E-state index contributed by atoms with van der Waals surface area (Å²) in [5.74, 6) is -1.24. The second kappa shape index (κ2) is 5.40. The Hall–Kier alpha value is -1.89. The van der Waals surface area contributed by atoms with Gasteiger partial charge in [-0.1, -0.05) is 0 Å². The molecule has 1 aromatic carbocycles. The molecule has 0 aliphatic carbocycles. The molecule has 0 spiro atoms. The van der Waals surface area contributed by atoms with Gasteiger partial charge in [0, 0.05) is 4.47 Å². The SMILES string of the molecule is CCOC(=O)c1nc(-c2cc(F)ccc2Br)oc1N. The first-order valence-corrected chi connectivity index (χ1v) is 6.21. The molecule has 0 unspecified atom stereocenters. The number of esters is 1. The van der Waals surface area contributed by atoms with E-state index in [9.17, 15) is 9.18 Å². The predicted octanol–water partition coefficient (Wildman–Crippen LogP) is 3.00. The fourth-order valence-corrected chi connectivity index (χ4v) is 1.87. The Kier molecular flexibility index (Phi) is 3.84. The molecule has 2 rings (SSSR count). The molecule has 0 radical (unpaired) electrons. The van der Waals surface area contributed by atoms with E-state index in [1.165, 1.54) is 18.2 Å². The summed E-state index contributed by atoms with van der Waals surface area (Å²) in [5, 5.41) is 0. The zero-order valence-electron chi connectivity index (χ0n) is 9.94. The second-order valence-corrected chi connectivity index (χ2v) is 4.43. The first kappa shape index (κ1) is 13.5. The summed E-state index contributed by atoms with van der Waals surface area (Å²) >= 11 is 3.25. The predicted molar refractivity (Wildman–Crippen MR) is 70.0 cm³/mol. The van der Waals surface area contributed by atoms with Gasteiger partial charge in [0.1, 0.15) is 5.82 Å². The van der Waals surface area contributed by atoms with Gasteiger partial charge in [0.15, 0.2) is 0 Å². The van der Waals surface area contributed by atoms with Crippen LogP contribution in [0.5, 0.6) is 0 Å². The van der Waals surface area contributed by atoms with E-state index in [-0.39, 0.29) is 24.1 Å². The monoisotopic (exact) mass is 328 g/mol. The fourth-order valence-electron chi connectivity index (χ4n) is 1.45. The smallest absolute Gasteiger partial charge is 0.362 e. The number of anilines is 1. The van der Waals surface area contributed by atoms with Gasteiger partial charge in [-0.2, -0.15) is 4.98 Å². The van der Waals surface area contributed by atoms with Gasteiger partial charge in [-0.3, -0.25) is 0 Å². The molecule has 0 amide bonds. The van der Waals surface area contributed by atoms with Crippen molar-refractivity contribution in [3.63, 3.8) is 0 Å². The Morgan fingerprint density at radius 3 is 3.00 bits per heavy atom. The maximum atomic E-state index is 13.2. The molecule has 0 bridgehead atoms. The third-order valence-corrected chi connectivity index (χ3v) is 2.97. The summed E-state index contributed by atoms with van der Waals surface area (Å²) < 4.78 is 23.7. The molecule has 100 valence electrons. The van der Waals surface area contributed by atoms with Crippen molar-refractivity contribution in [3.8, 4) is 11.5 Å². The molecule has 0 fully saturated rings. The first-order valence-electron chi connectivity index (χ1n) is 5.41. The average Bonchev–Trinajstić information content (AvgIpc) is 2.74. The highest BCUT2D eigenvalue weighted by Crippen LogP contribution is 2.30. The van der Waals surface area contributed by atoms with Crippen molar-refractivity contribution >= 4 is 27.8 Å². The number of nitrogens with zero attached hydrogens (tertiary/aromatic N) is 1. The number of oxazole rings is 1. The number of ether oxygens (including phenoxy) is 1. The van der Waals surface area contributed by atoms with E-state index in [2.05, 4.69) is 20.9 Å².